The van der Waals surface area contributed by atoms with Crippen molar-refractivity contribution in [1.29, 1.82) is 0 Å². The molecule has 8 heteroatoms. The van der Waals surface area contributed by atoms with Gasteiger partial charge in [0.05, 0.1) is 5.69 Å². The van der Waals surface area contributed by atoms with Gasteiger partial charge in [-0.1, -0.05) is 18.2 Å². The van der Waals surface area contributed by atoms with E-state index in [1.54, 1.807) is 18.2 Å². The molecule has 1 rings (SSSR count). The molecule has 0 aliphatic carbocycles. The Balaban J connectivity index is 2.98. The van der Waals surface area contributed by atoms with E-state index < -0.39 is 24.9 Å². The molecule has 17 heavy (non-hydrogen) atoms. The summed E-state index contributed by atoms with van der Waals surface area (Å²) in [6.45, 7) is 0. The van der Waals surface area contributed by atoms with E-state index in [2.05, 4.69) is 4.72 Å². The Bertz CT molecular complexity index is 595. The number of para-hydroxylation sites is 1. The van der Waals surface area contributed by atoms with Gasteiger partial charge in [-0.25, -0.2) is 16.8 Å². The molecule has 0 bridgehead atoms. The Labute approximate surface area is 106 Å². The molecule has 0 spiro atoms. The lowest BCUT2D eigenvalue weighted by Crippen LogP contribution is -2.22. The maximum Gasteiger partial charge on any atom is 0.247 e. The summed E-state index contributed by atoms with van der Waals surface area (Å²) in [5.41, 5.74) is 0.886. The Morgan fingerprint density at radius 1 is 1.18 bits per heavy atom. The summed E-state index contributed by atoms with van der Waals surface area (Å²) in [7, 11) is -7.53. The summed E-state index contributed by atoms with van der Waals surface area (Å²) in [5.74, 6) is 0.136. The third-order valence-corrected chi connectivity index (χ3v) is 5.57. The van der Waals surface area contributed by atoms with Crippen molar-refractivity contribution in [3.63, 3.8) is 0 Å². The van der Waals surface area contributed by atoms with Gasteiger partial charge in [0, 0.05) is 12.1 Å². The van der Waals surface area contributed by atoms with Crippen LogP contribution in [0.2, 0.25) is 0 Å². The van der Waals surface area contributed by atoms with Gasteiger partial charge in [0.1, 0.15) is 0 Å². The molecule has 0 atom stereocenters. The average molecular weight is 298 g/mol. The standard InChI is InChI=1S/C9H12ClNO4S2/c1-16(12,13)7-17(14,15)11-9-5-3-2-4-8(9)6-10/h2-5,11H,6-7H2,1H3. The van der Waals surface area contributed by atoms with Crippen LogP contribution in [0.25, 0.3) is 0 Å². The van der Waals surface area contributed by atoms with Gasteiger partial charge in [-0.05, 0) is 11.6 Å². The molecule has 0 aliphatic heterocycles. The van der Waals surface area contributed by atoms with E-state index in [4.69, 9.17) is 11.6 Å². The summed E-state index contributed by atoms with van der Waals surface area (Å²) >= 11 is 5.64. The maximum absolute atomic E-state index is 11.6. The Kier molecular flexibility index (Phi) is 4.40. The molecule has 0 radical (unpaired) electrons. The number of rotatable bonds is 5. The largest absolute Gasteiger partial charge is 0.282 e. The van der Waals surface area contributed by atoms with Crippen molar-refractivity contribution in [2.24, 2.45) is 0 Å². The lowest BCUT2D eigenvalue weighted by atomic mass is 10.2. The van der Waals surface area contributed by atoms with Gasteiger partial charge in [-0.15, -0.1) is 11.6 Å². The number of anilines is 1. The molecule has 1 aromatic carbocycles. The number of halogens is 1. The zero-order valence-electron chi connectivity index (χ0n) is 9.05. The van der Waals surface area contributed by atoms with Crippen LogP contribution in [0.5, 0.6) is 0 Å². The molecule has 1 N–H and O–H groups in total. The zero-order chi connectivity index (χ0) is 13.1. The quantitative estimate of drug-likeness (QED) is 0.827. The molecule has 0 saturated carbocycles. The molecular formula is C9H12ClNO4S2. The molecule has 0 unspecified atom stereocenters. The fraction of sp³-hybridized carbons (Fsp3) is 0.333. The highest BCUT2D eigenvalue weighted by Gasteiger charge is 2.18. The number of hydrogen-bond acceptors (Lipinski definition) is 4. The van der Waals surface area contributed by atoms with Crippen molar-refractivity contribution in [3.05, 3.63) is 29.8 Å². The molecule has 0 aliphatic rings. The zero-order valence-corrected chi connectivity index (χ0v) is 11.4. The van der Waals surface area contributed by atoms with Gasteiger partial charge in [0.25, 0.3) is 0 Å². The third kappa shape index (κ3) is 4.93. The normalized spacial score (nSPS) is 12.4. The van der Waals surface area contributed by atoms with Crippen LogP contribution in [0.3, 0.4) is 0 Å². The topological polar surface area (TPSA) is 80.3 Å². The van der Waals surface area contributed by atoms with Crippen molar-refractivity contribution in [3.8, 4) is 0 Å². The Morgan fingerprint density at radius 3 is 2.29 bits per heavy atom. The van der Waals surface area contributed by atoms with Crippen LogP contribution in [-0.2, 0) is 25.7 Å². The number of benzene rings is 1. The van der Waals surface area contributed by atoms with Crippen LogP contribution in [0.1, 0.15) is 5.56 Å². The van der Waals surface area contributed by atoms with Crippen LogP contribution in [-0.4, -0.2) is 28.2 Å². The fourth-order valence-electron chi connectivity index (χ4n) is 1.22. The van der Waals surface area contributed by atoms with E-state index in [1.165, 1.54) is 6.07 Å². The molecule has 0 amide bonds. The predicted octanol–water partition coefficient (Wildman–Crippen LogP) is 1.17. The Hall–Kier alpha value is -0.790. The van der Waals surface area contributed by atoms with Crippen molar-refractivity contribution in [1.82, 2.24) is 0 Å². The number of nitrogens with one attached hydrogen (secondary N) is 1. The molecule has 1 aromatic rings. The van der Waals surface area contributed by atoms with E-state index in [0.717, 1.165) is 6.26 Å². The second kappa shape index (κ2) is 5.24. The SMILES string of the molecule is CS(=O)(=O)CS(=O)(=O)Nc1ccccc1CCl. The highest BCUT2D eigenvalue weighted by atomic mass is 35.5. The predicted molar refractivity (Wildman–Crippen MR) is 68.3 cm³/mol. The first kappa shape index (κ1) is 14.3. The minimum absolute atomic E-state index is 0.136. The highest BCUT2D eigenvalue weighted by Crippen LogP contribution is 2.18. The van der Waals surface area contributed by atoms with E-state index >= 15 is 0 Å². The number of alkyl halides is 1. The molecule has 0 saturated heterocycles. The van der Waals surface area contributed by atoms with E-state index in [1.807, 2.05) is 0 Å². The van der Waals surface area contributed by atoms with Gasteiger partial charge < -0.3 is 0 Å². The lowest BCUT2D eigenvalue weighted by Gasteiger charge is -2.10. The average Bonchev–Trinajstić information content (AvgIpc) is 2.14. The van der Waals surface area contributed by atoms with E-state index in [9.17, 15) is 16.8 Å². The van der Waals surface area contributed by atoms with Crippen molar-refractivity contribution in [2.75, 3.05) is 16.1 Å². The van der Waals surface area contributed by atoms with Gasteiger partial charge in [0.2, 0.25) is 10.0 Å². The lowest BCUT2D eigenvalue weighted by molar-refractivity contribution is 0.595. The molecule has 0 fully saturated rings. The van der Waals surface area contributed by atoms with Gasteiger partial charge in [-0.2, -0.15) is 0 Å². The van der Waals surface area contributed by atoms with Crippen molar-refractivity contribution in [2.45, 2.75) is 5.88 Å². The van der Waals surface area contributed by atoms with Gasteiger partial charge >= 0.3 is 0 Å². The number of sulfone groups is 1. The summed E-state index contributed by atoms with van der Waals surface area (Å²) in [4.78, 5) is 0. The van der Waals surface area contributed by atoms with Gasteiger partial charge in [-0.3, -0.25) is 4.72 Å². The molecule has 0 aromatic heterocycles. The summed E-state index contributed by atoms with van der Waals surface area (Å²) in [6, 6.07) is 6.53. The van der Waals surface area contributed by atoms with Crippen LogP contribution >= 0.6 is 11.6 Å². The Morgan fingerprint density at radius 2 is 1.76 bits per heavy atom. The van der Waals surface area contributed by atoms with Gasteiger partial charge in [0.15, 0.2) is 14.9 Å². The second-order valence-electron chi connectivity index (χ2n) is 3.55. The van der Waals surface area contributed by atoms with Crippen LogP contribution in [0, 0.1) is 0 Å². The summed E-state index contributed by atoms with van der Waals surface area (Å²) in [6.07, 6.45) is 0.861. The van der Waals surface area contributed by atoms with Crippen LogP contribution in [0.15, 0.2) is 24.3 Å². The fourth-order valence-corrected chi connectivity index (χ4v) is 4.47. The second-order valence-corrected chi connectivity index (χ2v) is 8.05. The minimum Gasteiger partial charge on any atom is -0.282 e. The minimum atomic E-state index is -3.92. The van der Waals surface area contributed by atoms with Crippen molar-refractivity contribution >= 4 is 37.1 Å². The first-order chi connectivity index (χ1) is 7.73. The summed E-state index contributed by atoms with van der Waals surface area (Å²) < 4.78 is 47.2. The smallest absolute Gasteiger partial charge is 0.247 e. The molecule has 96 valence electrons. The number of sulfonamides is 1. The number of hydrogen-bond donors (Lipinski definition) is 1. The molecule has 5 nitrogen and oxygen atoms in total. The molecular weight excluding hydrogens is 286 g/mol. The van der Waals surface area contributed by atoms with E-state index in [-0.39, 0.29) is 5.88 Å². The summed E-state index contributed by atoms with van der Waals surface area (Å²) in [5, 5.41) is -0.948. The maximum atomic E-state index is 11.6. The third-order valence-electron chi connectivity index (χ3n) is 1.80. The monoisotopic (exact) mass is 297 g/mol. The molecule has 0 heterocycles. The first-order valence-corrected chi connectivity index (χ1v) is 8.80. The van der Waals surface area contributed by atoms with Crippen LogP contribution in [0.4, 0.5) is 5.69 Å². The van der Waals surface area contributed by atoms with Crippen LogP contribution < -0.4 is 4.72 Å². The highest BCUT2D eigenvalue weighted by molar-refractivity contribution is 8.08. The van der Waals surface area contributed by atoms with Crippen molar-refractivity contribution < 1.29 is 16.8 Å². The first-order valence-electron chi connectivity index (χ1n) is 4.55. The van der Waals surface area contributed by atoms with E-state index in [0.29, 0.717) is 11.3 Å².